The Morgan fingerprint density at radius 2 is 1.54 bits per heavy atom. The van der Waals surface area contributed by atoms with Crippen LogP contribution in [0, 0.1) is 0 Å². The van der Waals surface area contributed by atoms with Crippen molar-refractivity contribution in [3.63, 3.8) is 0 Å². The topological polar surface area (TPSA) is 21.7 Å². The molecule has 0 aliphatic rings. The van der Waals surface area contributed by atoms with Crippen LogP contribution in [-0.4, -0.2) is 51.0 Å². The average molecular weight is 189 g/mol. The van der Waals surface area contributed by atoms with Crippen molar-refractivity contribution in [2.45, 2.75) is 32.9 Å². The molecule has 0 aliphatic carbocycles. The number of hydrogen-bond acceptors (Lipinski definition) is 3. The molecule has 0 unspecified atom stereocenters. The third-order valence-corrected chi connectivity index (χ3v) is 2.22. The van der Waals surface area contributed by atoms with Gasteiger partial charge in [-0.1, -0.05) is 6.92 Å². The van der Waals surface area contributed by atoms with E-state index in [0.717, 1.165) is 19.8 Å². The molecular weight excluding hydrogens is 166 g/mol. The molecule has 0 heterocycles. The van der Waals surface area contributed by atoms with Crippen molar-refractivity contribution in [2.75, 3.05) is 34.0 Å². The lowest BCUT2D eigenvalue weighted by Gasteiger charge is -2.33. The maximum Gasteiger partial charge on any atom is 0.0640 e. The first kappa shape index (κ1) is 12.9. The van der Waals surface area contributed by atoms with Gasteiger partial charge in [0.05, 0.1) is 19.3 Å². The van der Waals surface area contributed by atoms with Gasteiger partial charge in [-0.05, 0) is 20.4 Å². The highest BCUT2D eigenvalue weighted by atomic mass is 16.5. The second-order valence-corrected chi connectivity index (χ2v) is 3.49. The second kappa shape index (κ2) is 7.30. The van der Waals surface area contributed by atoms with E-state index >= 15 is 0 Å². The summed E-state index contributed by atoms with van der Waals surface area (Å²) in [5, 5.41) is 0. The Bertz CT molecular complexity index is 111. The fraction of sp³-hybridized carbons (Fsp3) is 1.00. The standard InChI is InChI=1S/C10H23NO2/c1-6-11(9(2)3)10(7-12-4)8-13-5/h9-10H,6-8H2,1-5H3. The highest BCUT2D eigenvalue weighted by Crippen LogP contribution is 2.06. The molecule has 13 heavy (non-hydrogen) atoms. The van der Waals surface area contributed by atoms with Gasteiger partial charge in [0.25, 0.3) is 0 Å². The van der Waals surface area contributed by atoms with Crippen LogP contribution < -0.4 is 0 Å². The number of ether oxygens (including phenoxy) is 2. The number of likely N-dealkylation sites (N-methyl/N-ethyl adjacent to an activating group) is 1. The smallest absolute Gasteiger partial charge is 0.0640 e. The van der Waals surface area contributed by atoms with Gasteiger partial charge in [-0.2, -0.15) is 0 Å². The van der Waals surface area contributed by atoms with E-state index in [2.05, 4.69) is 25.7 Å². The average Bonchev–Trinajstić information content (AvgIpc) is 2.05. The lowest BCUT2D eigenvalue weighted by atomic mass is 10.2. The molecule has 0 N–H and O–H groups in total. The van der Waals surface area contributed by atoms with Crippen molar-refractivity contribution in [1.82, 2.24) is 4.90 Å². The van der Waals surface area contributed by atoms with Crippen LogP contribution in [-0.2, 0) is 9.47 Å². The molecule has 0 aromatic rings. The third-order valence-electron chi connectivity index (χ3n) is 2.22. The van der Waals surface area contributed by atoms with Gasteiger partial charge >= 0.3 is 0 Å². The third kappa shape index (κ3) is 4.60. The van der Waals surface area contributed by atoms with Crippen molar-refractivity contribution in [1.29, 1.82) is 0 Å². The number of methoxy groups -OCH3 is 2. The molecule has 0 aromatic carbocycles. The van der Waals surface area contributed by atoms with Crippen LogP contribution >= 0.6 is 0 Å². The lowest BCUT2D eigenvalue weighted by Crippen LogP contribution is -2.45. The summed E-state index contributed by atoms with van der Waals surface area (Å²) in [6.45, 7) is 9.07. The zero-order valence-electron chi connectivity index (χ0n) is 9.54. The Balaban J connectivity index is 4.11. The Morgan fingerprint density at radius 3 is 1.77 bits per heavy atom. The van der Waals surface area contributed by atoms with Crippen LogP contribution in [0.4, 0.5) is 0 Å². The molecule has 0 amide bonds. The summed E-state index contributed by atoms with van der Waals surface area (Å²) in [7, 11) is 3.47. The lowest BCUT2D eigenvalue weighted by molar-refractivity contribution is 0.0237. The molecule has 0 saturated carbocycles. The molecular formula is C10H23NO2. The number of rotatable bonds is 7. The van der Waals surface area contributed by atoms with E-state index in [1.807, 2.05) is 0 Å². The molecule has 0 rings (SSSR count). The quantitative estimate of drug-likeness (QED) is 0.604. The first-order chi connectivity index (χ1) is 6.17. The summed E-state index contributed by atoms with van der Waals surface area (Å²) in [6.07, 6.45) is 0. The van der Waals surface area contributed by atoms with Gasteiger partial charge in [0.2, 0.25) is 0 Å². The minimum absolute atomic E-state index is 0.375. The van der Waals surface area contributed by atoms with Crippen LogP contribution in [0.3, 0.4) is 0 Å². The Labute approximate surface area is 82.0 Å². The van der Waals surface area contributed by atoms with Gasteiger partial charge < -0.3 is 9.47 Å². The van der Waals surface area contributed by atoms with E-state index in [0.29, 0.717) is 12.1 Å². The fourth-order valence-corrected chi connectivity index (χ4v) is 1.67. The summed E-state index contributed by atoms with van der Waals surface area (Å²) in [4.78, 5) is 2.38. The Hall–Kier alpha value is -0.120. The predicted molar refractivity (Wildman–Crippen MR) is 55.1 cm³/mol. The molecule has 0 spiro atoms. The van der Waals surface area contributed by atoms with Crippen molar-refractivity contribution < 1.29 is 9.47 Å². The van der Waals surface area contributed by atoms with Gasteiger partial charge in [-0.15, -0.1) is 0 Å². The molecule has 0 atom stereocenters. The monoisotopic (exact) mass is 189 g/mol. The van der Waals surface area contributed by atoms with E-state index in [1.165, 1.54) is 0 Å². The van der Waals surface area contributed by atoms with Crippen molar-refractivity contribution in [3.8, 4) is 0 Å². The predicted octanol–water partition coefficient (Wildman–Crippen LogP) is 1.38. The summed E-state index contributed by atoms with van der Waals surface area (Å²) < 4.78 is 10.3. The minimum Gasteiger partial charge on any atom is -0.383 e. The van der Waals surface area contributed by atoms with Gasteiger partial charge in [-0.3, -0.25) is 4.90 Å². The minimum atomic E-state index is 0.375. The number of hydrogen-bond donors (Lipinski definition) is 0. The summed E-state index contributed by atoms with van der Waals surface area (Å²) in [6, 6.07) is 0.917. The summed E-state index contributed by atoms with van der Waals surface area (Å²) >= 11 is 0. The molecule has 0 bridgehead atoms. The van der Waals surface area contributed by atoms with Crippen LogP contribution in [0.25, 0.3) is 0 Å². The SMILES string of the molecule is CCN(C(C)C)C(COC)COC. The molecule has 3 heteroatoms. The van der Waals surface area contributed by atoms with Crippen molar-refractivity contribution in [3.05, 3.63) is 0 Å². The molecule has 3 nitrogen and oxygen atoms in total. The fourth-order valence-electron chi connectivity index (χ4n) is 1.67. The van der Waals surface area contributed by atoms with Gasteiger partial charge in [0.15, 0.2) is 0 Å². The molecule has 80 valence electrons. The van der Waals surface area contributed by atoms with E-state index in [4.69, 9.17) is 9.47 Å². The molecule has 0 fully saturated rings. The molecule has 0 radical (unpaired) electrons. The highest BCUT2D eigenvalue weighted by molar-refractivity contribution is 4.72. The largest absolute Gasteiger partial charge is 0.383 e. The van der Waals surface area contributed by atoms with Crippen LogP contribution in [0.1, 0.15) is 20.8 Å². The van der Waals surface area contributed by atoms with E-state index in [9.17, 15) is 0 Å². The van der Waals surface area contributed by atoms with Gasteiger partial charge in [0.1, 0.15) is 0 Å². The zero-order chi connectivity index (χ0) is 10.3. The zero-order valence-corrected chi connectivity index (χ0v) is 9.54. The Morgan fingerprint density at radius 1 is 1.08 bits per heavy atom. The van der Waals surface area contributed by atoms with E-state index in [-0.39, 0.29) is 0 Å². The maximum atomic E-state index is 5.17. The summed E-state index contributed by atoms with van der Waals surface area (Å²) in [5.41, 5.74) is 0. The van der Waals surface area contributed by atoms with Crippen molar-refractivity contribution in [2.24, 2.45) is 0 Å². The molecule has 0 aromatic heterocycles. The normalized spacial score (nSPS) is 12.0. The van der Waals surface area contributed by atoms with E-state index < -0.39 is 0 Å². The summed E-state index contributed by atoms with van der Waals surface area (Å²) in [5.74, 6) is 0. The molecule has 0 saturated heterocycles. The first-order valence-electron chi connectivity index (χ1n) is 4.90. The first-order valence-corrected chi connectivity index (χ1v) is 4.90. The van der Waals surface area contributed by atoms with Crippen LogP contribution in [0.2, 0.25) is 0 Å². The van der Waals surface area contributed by atoms with Crippen LogP contribution in [0.5, 0.6) is 0 Å². The number of nitrogens with zero attached hydrogens (tertiary/aromatic N) is 1. The van der Waals surface area contributed by atoms with Crippen molar-refractivity contribution >= 4 is 0 Å². The maximum absolute atomic E-state index is 5.17. The van der Waals surface area contributed by atoms with Crippen LogP contribution in [0.15, 0.2) is 0 Å². The van der Waals surface area contributed by atoms with Gasteiger partial charge in [-0.25, -0.2) is 0 Å². The Kier molecular flexibility index (Phi) is 7.23. The van der Waals surface area contributed by atoms with E-state index in [1.54, 1.807) is 14.2 Å². The molecule has 0 aliphatic heterocycles. The van der Waals surface area contributed by atoms with Gasteiger partial charge in [0, 0.05) is 20.3 Å². The second-order valence-electron chi connectivity index (χ2n) is 3.49. The highest BCUT2D eigenvalue weighted by Gasteiger charge is 2.18.